The minimum atomic E-state index is -4.94. The number of nitrogens with zero attached hydrogens (tertiary/aromatic N) is 8. The summed E-state index contributed by atoms with van der Waals surface area (Å²) in [6.07, 6.45) is -6.70. The molecule has 0 saturated carbocycles. The van der Waals surface area contributed by atoms with E-state index in [4.69, 9.17) is 9.47 Å². The first-order chi connectivity index (χ1) is 21.9. The maximum atomic E-state index is 14.1. The minimum absolute atomic E-state index is 0.0296. The summed E-state index contributed by atoms with van der Waals surface area (Å²) in [5.41, 5.74) is -3.48. The third kappa shape index (κ3) is 7.55. The average molecular weight is 654 g/mol. The number of nitrogens with one attached hydrogen (secondary N) is 1. The molecule has 0 unspecified atom stereocenters. The van der Waals surface area contributed by atoms with Gasteiger partial charge >= 0.3 is 12.4 Å². The molecule has 1 atom stereocenters. The third-order valence-corrected chi connectivity index (χ3v) is 7.18. The van der Waals surface area contributed by atoms with Crippen molar-refractivity contribution in [2.45, 2.75) is 58.0 Å². The number of ether oxygens (including phenoxy) is 2. The molecule has 18 heteroatoms. The van der Waals surface area contributed by atoms with Crippen LogP contribution < -0.4 is 20.5 Å². The van der Waals surface area contributed by atoms with Crippen molar-refractivity contribution < 1.29 is 35.8 Å². The summed E-state index contributed by atoms with van der Waals surface area (Å²) < 4.78 is 93.9. The zero-order valence-electron chi connectivity index (χ0n) is 24.6. The first-order valence-corrected chi connectivity index (χ1v) is 14.1. The predicted molar refractivity (Wildman–Crippen MR) is 151 cm³/mol. The number of halogens is 6. The summed E-state index contributed by atoms with van der Waals surface area (Å²) >= 11 is 0. The van der Waals surface area contributed by atoms with Crippen LogP contribution in [0.5, 0.6) is 5.75 Å². The molecule has 0 saturated heterocycles. The molecule has 1 aliphatic rings. The van der Waals surface area contributed by atoms with Gasteiger partial charge in [0.2, 0.25) is 5.95 Å². The Morgan fingerprint density at radius 2 is 1.72 bits per heavy atom. The molecule has 46 heavy (non-hydrogen) atoms. The van der Waals surface area contributed by atoms with Gasteiger partial charge in [-0.2, -0.15) is 36.5 Å². The lowest BCUT2D eigenvalue weighted by atomic mass is 10.1. The lowest BCUT2D eigenvalue weighted by Crippen LogP contribution is -2.35. The SMILES string of the molecule is CC[C@@H](COCc1nc2n(n1)CCN(c1ncc(C(F)(F)F)cn1)C2)Nc1cnn(Cc2ccc(OC)cc2)c(=O)c1C(F)(F)F. The molecule has 4 heterocycles. The number of fused-ring (bicyclic) bond motifs is 1. The number of hydrogen-bond acceptors (Lipinski definition) is 10. The Kier molecular flexibility index (Phi) is 9.45. The lowest BCUT2D eigenvalue weighted by molar-refractivity contribution is -0.139. The van der Waals surface area contributed by atoms with Crippen LogP contribution in [-0.2, 0) is 43.3 Å². The zero-order chi connectivity index (χ0) is 33.1. The van der Waals surface area contributed by atoms with Gasteiger partial charge in [0.25, 0.3) is 5.56 Å². The van der Waals surface area contributed by atoms with E-state index in [1.165, 1.54) is 7.11 Å². The van der Waals surface area contributed by atoms with Crippen LogP contribution in [0.3, 0.4) is 0 Å². The molecule has 246 valence electrons. The quantitative estimate of drug-likeness (QED) is 0.236. The molecule has 1 aliphatic heterocycles. The molecule has 0 radical (unpaired) electrons. The van der Waals surface area contributed by atoms with Gasteiger partial charge in [0.05, 0.1) is 50.8 Å². The summed E-state index contributed by atoms with van der Waals surface area (Å²) in [6, 6.07) is 5.92. The van der Waals surface area contributed by atoms with Crippen LogP contribution in [0.4, 0.5) is 38.0 Å². The van der Waals surface area contributed by atoms with Crippen LogP contribution in [-0.4, -0.2) is 60.8 Å². The first kappa shape index (κ1) is 32.6. The standard InChI is InChI=1S/C28H29F6N9O3/c1-3-19(38-21-12-37-43(25(44)24(21)28(32,33)34)13-17-4-6-20(45-2)7-5-17)15-46-16-22-39-23-14-41(8-9-42(23)40-22)26-35-10-18(11-36-26)27(29,30)31/h4-7,10-12,19,38H,3,8-9,13-16H2,1-2H3/t19-/m0/s1. The lowest BCUT2D eigenvalue weighted by Gasteiger charge is -2.26. The van der Waals surface area contributed by atoms with Crippen LogP contribution >= 0.6 is 0 Å². The van der Waals surface area contributed by atoms with Gasteiger partial charge in [0, 0.05) is 25.0 Å². The summed E-state index contributed by atoms with van der Waals surface area (Å²) in [6.45, 7) is 2.47. The highest BCUT2D eigenvalue weighted by Gasteiger charge is 2.39. The van der Waals surface area contributed by atoms with Gasteiger partial charge in [-0.05, 0) is 24.1 Å². The van der Waals surface area contributed by atoms with E-state index < -0.39 is 40.8 Å². The zero-order valence-corrected chi connectivity index (χ0v) is 24.6. The predicted octanol–water partition coefficient (Wildman–Crippen LogP) is 4.15. The van der Waals surface area contributed by atoms with Crippen LogP contribution in [0.15, 0.2) is 47.7 Å². The van der Waals surface area contributed by atoms with E-state index in [9.17, 15) is 31.1 Å². The van der Waals surface area contributed by atoms with Gasteiger partial charge in [0.1, 0.15) is 23.7 Å². The van der Waals surface area contributed by atoms with Crippen LogP contribution in [0.25, 0.3) is 0 Å². The molecule has 12 nitrogen and oxygen atoms in total. The van der Waals surface area contributed by atoms with Crippen LogP contribution in [0.1, 0.15) is 41.7 Å². The molecular formula is C28H29F6N9O3. The highest BCUT2D eigenvalue weighted by Crippen LogP contribution is 2.32. The van der Waals surface area contributed by atoms with Crippen molar-refractivity contribution >= 4 is 11.6 Å². The highest BCUT2D eigenvalue weighted by molar-refractivity contribution is 5.50. The van der Waals surface area contributed by atoms with E-state index in [-0.39, 0.29) is 32.3 Å². The number of methoxy groups -OCH3 is 1. The van der Waals surface area contributed by atoms with Gasteiger partial charge in [-0.3, -0.25) is 4.79 Å². The second kappa shape index (κ2) is 13.3. The Morgan fingerprint density at radius 1 is 1.00 bits per heavy atom. The fourth-order valence-corrected chi connectivity index (χ4v) is 4.71. The molecule has 0 bridgehead atoms. The number of alkyl halides is 6. The monoisotopic (exact) mass is 653 g/mol. The second-order valence-electron chi connectivity index (χ2n) is 10.4. The van der Waals surface area contributed by atoms with Crippen molar-refractivity contribution in [3.05, 3.63) is 81.5 Å². The smallest absolute Gasteiger partial charge is 0.423 e. The van der Waals surface area contributed by atoms with Crippen molar-refractivity contribution in [1.29, 1.82) is 0 Å². The van der Waals surface area contributed by atoms with Crippen molar-refractivity contribution in [2.24, 2.45) is 0 Å². The molecule has 3 aromatic heterocycles. The Labute approximate surface area is 258 Å². The fourth-order valence-electron chi connectivity index (χ4n) is 4.71. The number of hydrogen-bond donors (Lipinski definition) is 1. The van der Waals surface area contributed by atoms with E-state index in [0.29, 0.717) is 42.5 Å². The van der Waals surface area contributed by atoms with Gasteiger partial charge in [-0.15, -0.1) is 0 Å². The maximum absolute atomic E-state index is 14.1. The number of rotatable bonds is 11. The van der Waals surface area contributed by atoms with Crippen molar-refractivity contribution in [3.63, 3.8) is 0 Å². The summed E-state index contributed by atoms with van der Waals surface area (Å²) in [7, 11) is 1.48. The van der Waals surface area contributed by atoms with E-state index in [0.717, 1.165) is 23.3 Å². The molecule has 0 spiro atoms. The van der Waals surface area contributed by atoms with E-state index in [1.54, 1.807) is 40.8 Å². The topological polar surface area (TPSA) is 125 Å². The Balaban J connectivity index is 1.20. The fraction of sp³-hybridized carbons (Fsp3) is 0.429. The minimum Gasteiger partial charge on any atom is -0.497 e. The summed E-state index contributed by atoms with van der Waals surface area (Å²) in [4.78, 5) is 26.6. The summed E-state index contributed by atoms with van der Waals surface area (Å²) in [5.74, 6) is 1.53. The molecule has 1 N–H and O–H groups in total. The number of aromatic nitrogens is 7. The van der Waals surface area contributed by atoms with Crippen molar-refractivity contribution in [1.82, 2.24) is 34.5 Å². The molecule has 5 rings (SSSR count). The molecule has 0 fully saturated rings. The number of benzene rings is 1. The van der Waals surface area contributed by atoms with Gasteiger partial charge in [-0.1, -0.05) is 19.1 Å². The maximum Gasteiger partial charge on any atom is 0.423 e. The van der Waals surface area contributed by atoms with Crippen LogP contribution in [0.2, 0.25) is 0 Å². The Hall–Kier alpha value is -4.74. The summed E-state index contributed by atoms with van der Waals surface area (Å²) in [5, 5.41) is 11.1. The van der Waals surface area contributed by atoms with E-state index in [1.807, 2.05) is 0 Å². The third-order valence-electron chi connectivity index (χ3n) is 7.18. The molecule has 0 amide bonds. The Morgan fingerprint density at radius 3 is 2.35 bits per heavy atom. The van der Waals surface area contributed by atoms with Crippen molar-refractivity contribution in [2.75, 3.05) is 30.5 Å². The first-order valence-electron chi connectivity index (χ1n) is 14.1. The molecule has 1 aromatic carbocycles. The molecule has 0 aliphatic carbocycles. The van der Waals surface area contributed by atoms with Crippen LogP contribution in [0, 0.1) is 0 Å². The van der Waals surface area contributed by atoms with E-state index in [2.05, 4.69) is 30.5 Å². The second-order valence-corrected chi connectivity index (χ2v) is 10.4. The van der Waals surface area contributed by atoms with Gasteiger partial charge < -0.3 is 19.7 Å². The van der Waals surface area contributed by atoms with Gasteiger partial charge in [-0.25, -0.2) is 24.3 Å². The van der Waals surface area contributed by atoms with Gasteiger partial charge in [0.15, 0.2) is 5.82 Å². The Bertz CT molecular complexity index is 1690. The molecule has 4 aromatic rings. The van der Waals surface area contributed by atoms with Crippen molar-refractivity contribution in [3.8, 4) is 5.75 Å². The normalized spacial score (nSPS) is 14.2. The largest absolute Gasteiger partial charge is 0.497 e. The average Bonchev–Trinajstić information content (AvgIpc) is 3.43. The highest BCUT2D eigenvalue weighted by atomic mass is 19.4. The number of anilines is 2. The molecular weight excluding hydrogens is 624 g/mol. The van der Waals surface area contributed by atoms with E-state index >= 15 is 0 Å².